The Morgan fingerprint density at radius 2 is 2.25 bits per heavy atom. The molecule has 1 saturated heterocycles. The van der Waals surface area contributed by atoms with Crippen molar-refractivity contribution in [2.75, 3.05) is 25.0 Å². The van der Waals surface area contributed by atoms with Gasteiger partial charge in [0.05, 0.1) is 10.6 Å². The van der Waals surface area contributed by atoms with Gasteiger partial charge in [-0.25, -0.2) is 9.59 Å². The fourth-order valence-electron chi connectivity index (χ4n) is 2.18. The van der Waals surface area contributed by atoms with E-state index in [2.05, 4.69) is 5.32 Å². The van der Waals surface area contributed by atoms with Crippen LogP contribution in [0.15, 0.2) is 18.2 Å². The molecule has 6 nitrogen and oxygen atoms in total. The maximum Gasteiger partial charge on any atom is 0.337 e. The molecule has 0 aromatic heterocycles. The first kappa shape index (κ1) is 14.6. The zero-order valence-corrected chi connectivity index (χ0v) is 11.6. The zero-order chi connectivity index (χ0) is 14.7. The van der Waals surface area contributed by atoms with Gasteiger partial charge in [-0.3, -0.25) is 0 Å². The van der Waals surface area contributed by atoms with E-state index in [0.29, 0.717) is 31.2 Å². The standard InChI is InChI=1S/C13H16ClN3O3/c14-11-5-9(1-2-10(11)12(18)19)16-13(20)17-4-3-8(6-15)7-17/h1-2,5,8H,3-4,6-7,15H2,(H,16,20)(H,18,19). The van der Waals surface area contributed by atoms with Crippen LogP contribution in [0, 0.1) is 5.92 Å². The van der Waals surface area contributed by atoms with Gasteiger partial charge in [0.25, 0.3) is 0 Å². The Morgan fingerprint density at radius 1 is 1.50 bits per heavy atom. The number of likely N-dealkylation sites (tertiary alicyclic amines) is 1. The van der Waals surface area contributed by atoms with Crippen LogP contribution in [0.5, 0.6) is 0 Å². The van der Waals surface area contributed by atoms with Gasteiger partial charge in [0.15, 0.2) is 0 Å². The topological polar surface area (TPSA) is 95.7 Å². The number of carbonyl (C=O) groups excluding carboxylic acids is 1. The van der Waals surface area contributed by atoms with Crippen molar-refractivity contribution in [3.05, 3.63) is 28.8 Å². The van der Waals surface area contributed by atoms with Gasteiger partial charge in [0.2, 0.25) is 0 Å². The van der Waals surface area contributed by atoms with Crippen molar-refractivity contribution >= 4 is 29.3 Å². The van der Waals surface area contributed by atoms with Gasteiger partial charge in [-0.1, -0.05) is 11.6 Å². The summed E-state index contributed by atoms with van der Waals surface area (Å²) in [5.74, 6) is -0.753. The van der Waals surface area contributed by atoms with E-state index in [0.717, 1.165) is 6.42 Å². The first-order chi connectivity index (χ1) is 9.51. The van der Waals surface area contributed by atoms with Crippen LogP contribution in [-0.4, -0.2) is 41.6 Å². The Bertz CT molecular complexity index is 536. The van der Waals surface area contributed by atoms with E-state index in [9.17, 15) is 9.59 Å². The number of anilines is 1. The second-order valence-corrected chi connectivity index (χ2v) is 5.17. The van der Waals surface area contributed by atoms with Crippen LogP contribution < -0.4 is 11.1 Å². The van der Waals surface area contributed by atoms with E-state index in [-0.39, 0.29) is 16.6 Å². The number of carbonyl (C=O) groups is 2. The maximum atomic E-state index is 12.0. The molecule has 1 fully saturated rings. The highest BCUT2D eigenvalue weighted by atomic mass is 35.5. The summed E-state index contributed by atoms with van der Waals surface area (Å²) in [5.41, 5.74) is 6.06. The molecule has 0 aliphatic carbocycles. The molecule has 1 aliphatic rings. The number of nitrogens with zero attached hydrogens (tertiary/aromatic N) is 1. The Hall–Kier alpha value is -1.79. The molecule has 1 heterocycles. The molecule has 0 spiro atoms. The number of amides is 2. The number of benzene rings is 1. The van der Waals surface area contributed by atoms with Gasteiger partial charge < -0.3 is 21.1 Å². The molecule has 1 aliphatic heterocycles. The van der Waals surface area contributed by atoms with Crippen LogP contribution in [0.25, 0.3) is 0 Å². The van der Waals surface area contributed by atoms with Crippen LogP contribution in [0.4, 0.5) is 10.5 Å². The number of aromatic carboxylic acids is 1. The average Bonchev–Trinajstić information content (AvgIpc) is 2.87. The molecule has 0 radical (unpaired) electrons. The summed E-state index contributed by atoms with van der Waals surface area (Å²) in [6.45, 7) is 1.89. The van der Waals surface area contributed by atoms with Gasteiger partial charge in [0, 0.05) is 18.8 Å². The lowest BCUT2D eigenvalue weighted by Gasteiger charge is -2.17. The monoisotopic (exact) mass is 297 g/mol. The third-order valence-corrected chi connectivity index (χ3v) is 3.67. The number of carboxylic acid groups (broad SMARTS) is 1. The molecule has 108 valence electrons. The molecule has 2 amide bonds. The highest BCUT2D eigenvalue weighted by Gasteiger charge is 2.25. The van der Waals surface area contributed by atoms with Crippen molar-refractivity contribution in [1.82, 2.24) is 4.90 Å². The van der Waals surface area contributed by atoms with Crippen LogP contribution in [0.1, 0.15) is 16.8 Å². The van der Waals surface area contributed by atoms with Crippen molar-refractivity contribution in [1.29, 1.82) is 0 Å². The summed E-state index contributed by atoms with van der Waals surface area (Å²) in [6, 6.07) is 4.09. The van der Waals surface area contributed by atoms with E-state index in [1.165, 1.54) is 18.2 Å². The van der Waals surface area contributed by atoms with Crippen molar-refractivity contribution in [3.63, 3.8) is 0 Å². The number of urea groups is 1. The summed E-state index contributed by atoms with van der Waals surface area (Å²) in [5, 5.41) is 11.7. The molecular formula is C13H16ClN3O3. The minimum absolute atomic E-state index is 0.00836. The molecular weight excluding hydrogens is 282 g/mol. The predicted molar refractivity (Wildman–Crippen MR) is 76.2 cm³/mol. The van der Waals surface area contributed by atoms with Gasteiger partial charge >= 0.3 is 12.0 Å². The first-order valence-corrected chi connectivity index (χ1v) is 6.68. The Balaban J connectivity index is 2.02. The van der Waals surface area contributed by atoms with Gasteiger partial charge in [-0.05, 0) is 37.1 Å². The summed E-state index contributed by atoms with van der Waals surface area (Å²) in [4.78, 5) is 24.6. The van der Waals surface area contributed by atoms with Gasteiger partial charge in [-0.2, -0.15) is 0 Å². The second kappa shape index (κ2) is 6.11. The van der Waals surface area contributed by atoms with E-state index in [1.807, 2.05) is 0 Å². The summed E-state index contributed by atoms with van der Waals surface area (Å²) >= 11 is 5.85. The zero-order valence-electron chi connectivity index (χ0n) is 10.8. The number of carboxylic acids is 1. The Labute approximate surface area is 121 Å². The highest BCUT2D eigenvalue weighted by molar-refractivity contribution is 6.33. The van der Waals surface area contributed by atoms with Crippen LogP contribution >= 0.6 is 11.6 Å². The molecule has 7 heteroatoms. The van der Waals surface area contributed by atoms with Crippen molar-refractivity contribution in [3.8, 4) is 0 Å². The average molecular weight is 298 g/mol. The lowest BCUT2D eigenvalue weighted by Crippen LogP contribution is -2.33. The molecule has 1 atom stereocenters. The number of hydrogen-bond acceptors (Lipinski definition) is 3. The third kappa shape index (κ3) is 3.20. The molecule has 2 rings (SSSR count). The number of halogens is 1. The van der Waals surface area contributed by atoms with E-state index in [4.69, 9.17) is 22.4 Å². The largest absolute Gasteiger partial charge is 0.478 e. The lowest BCUT2D eigenvalue weighted by atomic mass is 10.1. The highest BCUT2D eigenvalue weighted by Crippen LogP contribution is 2.22. The molecule has 0 bridgehead atoms. The number of rotatable bonds is 3. The number of hydrogen-bond donors (Lipinski definition) is 3. The van der Waals surface area contributed by atoms with E-state index >= 15 is 0 Å². The summed E-state index contributed by atoms with van der Waals surface area (Å²) in [6.07, 6.45) is 0.905. The molecule has 4 N–H and O–H groups in total. The molecule has 1 aromatic rings. The van der Waals surface area contributed by atoms with E-state index < -0.39 is 5.97 Å². The fraction of sp³-hybridized carbons (Fsp3) is 0.385. The SMILES string of the molecule is NCC1CCN(C(=O)Nc2ccc(C(=O)O)c(Cl)c2)C1. The second-order valence-electron chi connectivity index (χ2n) is 4.77. The minimum atomic E-state index is -1.10. The van der Waals surface area contributed by atoms with Crippen LogP contribution in [0.3, 0.4) is 0 Å². The normalized spacial score (nSPS) is 18.1. The number of nitrogens with one attached hydrogen (secondary N) is 1. The Morgan fingerprint density at radius 3 is 2.80 bits per heavy atom. The summed E-state index contributed by atoms with van der Waals surface area (Å²) in [7, 11) is 0. The van der Waals surface area contributed by atoms with E-state index in [1.54, 1.807) is 4.90 Å². The molecule has 20 heavy (non-hydrogen) atoms. The molecule has 1 unspecified atom stereocenters. The first-order valence-electron chi connectivity index (χ1n) is 6.30. The van der Waals surface area contributed by atoms with Gasteiger partial charge in [0.1, 0.15) is 0 Å². The van der Waals surface area contributed by atoms with Crippen LogP contribution in [0.2, 0.25) is 5.02 Å². The fourth-order valence-corrected chi connectivity index (χ4v) is 2.44. The molecule has 0 saturated carbocycles. The smallest absolute Gasteiger partial charge is 0.337 e. The molecule has 1 aromatic carbocycles. The summed E-state index contributed by atoms with van der Waals surface area (Å²) < 4.78 is 0. The van der Waals surface area contributed by atoms with Crippen molar-refractivity contribution < 1.29 is 14.7 Å². The Kier molecular flexibility index (Phi) is 4.46. The van der Waals surface area contributed by atoms with Crippen molar-refractivity contribution in [2.45, 2.75) is 6.42 Å². The number of nitrogens with two attached hydrogens (primary N) is 1. The quantitative estimate of drug-likeness (QED) is 0.793. The minimum Gasteiger partial charge on any atom is -0.478 e. The third-order valence-electron chi connectivity index (χ3n) is 3.36. The maximum absolute atomic E-state index is 12.0. The lowest BCUT2D eigenvalue weighted by molar-refractivity contribution is 0.0697. The predicted octanol–water partition coefficient (Wildman–Crippen LogP) is 1.85. The van der Waals surface area contributed by atoms with Crippen molar-refractivity contribution in [2.24, 2.45) is 11.7 Å². The van der Waals surface area contributed by atoms with Gasteiger partial charge in [-0.15, -0.1) is 0 Å². The van der Waals surface area contributed by atoms with Crippen LogP contribution in [-0.2, 0) is 0 Å².